The average Bonchev–Trinajstić information content (AvgIpc) is 3.30. The van der Waals surface area contributed by atoms with E-state index >= 15 is 0 Å². The van der Waals surface area contributed by atoms with E-state index in [1.807, 2.05) is 6.92 Å². The van der Waals surface area contributed by atoms with Crippen molar-refractivity contribution in [3.8, 4) is 11.3 Å². The summed E-state index contributed by atoms with van der Waals surface area (Å²) in [6, 6.07) is 7.77. The van der Waals surface area contributed by atoms with Crippen molar-refractivity contribution < 1.29 is 18.7 Å². The number of hydrogen-bond acceptors (Lipinski definition) is 5. The molecule has 1 aromatic carbocycles. The van der Waals surface area contributed by atoms with Crippen LogP contribution in [0, 0.1) is 5.82 Å². The number of H-pyrrole nitrogens is 1. The first-order valence-electron chi connectivity index (χ1n) is 8.24. The number of nitrogens with zero attached hydrogens (tertiary/aromatic N) is 1. The number of anilines is 1. The number of benzene rings is 1. The van der Waals surface area contributed by atoms with Gasteiger partial charge >= 0.3 is 5.97 Å². The fraction of sp³-hybridized carbons (Fsp3) is 0.211. The highest BCUT2D eigenvalue weighted by molar-refractivity contribution is 7.14. The number of ether oxygens (including phenoxy) is 1. The van der Waals surface area contributed by atoms with Crippen LogP contribution in [-0.4, -0.2) is 29.0 Å². The minimum Gasteiger partial charge on any atom is -0.464 e. The second-order valence-corrected chi connectivity index (χ2v) is 6.89. The molecular formula is C19H18FN3O3S. The van der Waals surface area contributed by atoms with Crippen molar-refractivity contribution in [2.24, 2.45) is 0 Å². The molecule has 0 bridgehead atoms. The summed E-state index contributed by atoms with van der Waals surface area (Å²) in [6.07, 6.45) is 1.92. The summed E-state index contributed by atoms with van der Waals surface area (Å²) in [7, 11) is 1.31. The summed E-state index contributed by atoms with van der Waals surface area (Å²) < 4.78 is 17.7. The molecule has 1 unspecified atom stereocenters. The van der Waals surface area contributed by atoms with E-state index in [9.17, 15) is 14.0 Å². The number of esters is 1. The summed E-state index contributed by atoms with van der Waals surface area (Å²) in [5, 5.41) is 5.05. The quantitative estimate of drug-likeness (QED) is 0.621. The molecule has 0 radical (unpaired) electrons. The lowest BCUT2D eigenvalue weighted by Gasteiger charge is -2.11. The molecule has 0 aliphatic carbocycles. The summed E-state index contributed by atoms with van der Waals surface area (Å²) >= 11 is 1.30. The van der Waals surface area contributed by atoms with Crippen molar-refractivity contribution in [2.75, 3.05) is 12.4 Å². The van der Waals surface area contributed by atoms with E-state index in [2.05, 4.69) is 20.0 Å². The fourth-order valence-electron chi connectivity index (χ4n) is 2.59. The molecule has 0 fully saturated rings. The number of carbonyl (C=O) groups is 2. The Bertz CT molecular complexity index is 949. The van der Waals surface area contributed by atoms with Gasteiger partial charge in [0.25, 0.3) is 0 Å². The molecule has 2 aromatic heterocycles. The molecular weight excluding hydrogens is 369 g/mol. The molecule has 3 rings (SSSR count). The maximum Gasteiger partial charge on any atom is 0.354 e. The molecule has 0 saturated heterocycles. The molecule has 3 aromatic rings. The van der Waals surface area contributed by atoms with Gasteiger partial charge in [-0.05, 0) is 29.7 Å². The largest absolute Gasteiger partial charge is 0.464 e. The van der Waals surface area contributed by atoms with Gasteiger partial charge in [-0.15, -0.1) is 11.3 Å². The molecule has 0 spiro atoms. The van der Waals surface area contributed by atoms with Gasteiger partial charge < -0.3 is 15.0 Å². The number of rotatable bonds is 6. The van der Waals surface area contributed by atoms with Gasteiger partial charge in [0.15, 0.2) is 5.13 Å². The molecule has 0 aliphatic rings. The topological polar surface area (TPSA) is 84.1 Å². The van der Waals surface area contributed by atoms with Gasteiger partial charge in [0, 0.05) is 23.6 Å². The maximum atomic E-state index is 13.0. The van der Waals surface area contributed by atoms with Crippen LogP contribution in [0.15, 0.2) is 41.9 Å². The van der Waals surface area contributed by atoms with Gasteiger partial charge in [-0.2, -0.15) is 0 Å². The number of methoxy groups -OCH3 is 1. The number of halogens is 1. The number of carbonyl (C=O) groups excluding carboxylic acids is 2. The summed E-state index contributed by atoms with van der Waals surface area (Å²) in [5.41, 5.74) is 2.60. The highest BCUT2D eigenvalue weighted by Gasteiger charge is 2.15. The van der Waals surface area contributed by atoms with Crippen molar-refractivity contribution in [1.29, 1.82) is 0 Å². The second-order valence-electron chi connectivity index (χ2n) is 6.04. The Hall–Kier alpha value is -3.00. The first kappa shape index (κ1) is 18.8. The third kappa shape index (κ3) is 4.59. The first-order chi connectivity index (χ1) is 13.0. The predicted octanol–water partition coefficient (Wildman–Crippen LogP) is 4.20. The Labute approximate surface area is 159 Å². The van der Waals surface area contributed by atoms with Crippen LogP contribution in [0.3, 0.4) is 0 Å². The molecule has 1 atom stereocenters. The van der Waals surface area contributed by atoms with Crippen LogP contribution in [0.2, 0.25) is 0 Å². The minimum absolute atomic E-state index is 0.0441. The van der Waals surface area contributed by atoms with Crippen LogP contribution in [0.5, 0.6) is 0 Å². The molecule has 0 saturated carbocycles. The zero-order valence-electron chi connectivity index (χ0n) is 14.8. The van der Waals surface area contributed by atoms with Crippen molar-refractivity contribution in [2.45, 2.75) is 19.3 Å². The van der Waals surface area contributed by atoms with Crippen LogP contribution >= 0.6 is 11.3 Å². The molecule has 1 amide bonds. The van der Waals surface area contributed by atoms with E-state index in [4.69, 9.17) is 0 Å². The molecule has 140 valence electrons. The van der Waals surface area contributed by atoms with E-state index < -0.39 is 5.97 Å². The van der Waals surface area contributed by atoms with Gasteiger partial charge in [-0.3, -0.25) is 4.79 Å². The standard InChI is InChI=1S/C19H18FN3O3S/c1-11(12-3-5-14(20)6-4-12)7-17(24)23-19-22-16(10-27-19)13-8-15(21-9-13)18(25)26-2/h3-6,8-11,21H,7H2,1-2H3,(H,22,23,24). The predicted molar refractivity (Wildman–Crippen MR) is 101 cm³/mol. The molecule has 27 heavy (non-hydrogen) atoms. The van der Waals surface area contributed by atoms with Gasteiger partial charge in [-0.1, -0.05) is 19.1 Å². The zero-order valence-corrected chi connectivity index (χ0v) is 15.6. The highest BCUT2D eigenvalue weighted by atomic mass is 32.1. The third-order valence-electron chi connectivity index (χ3n) is 4.07. The lowest BCUT2D eigenvalue weighted by Crippen LogP contribution is -2.14. The van der Waals surface area contributed by atoms with Crippen LogP contribution in [0.25, 0.3) is 11.3 Å². The number of hydrogen-bond donors (Lipinski definition) is 2. The van der Waals surface area contributed by atoms with E-state index in [-0.39, 0.29) is 24.1 Å². The van der Waals surface area contributed by atoms with Crippen LogP contribution in [0.1, 0.15) is 35.3 Å². The lowest BCUT2D eigenvalue weighted by atomic mass is 9.97. The number of nitrogens with one attached hydrogen (secondary N) is 2. The Morgan fingerprint density at radius 2 is 2.07 bits per heavy atom. The van der Waals surface area contributed by atoms with Gasteiger partial charge in [0.2, 0.25) is 5.91 Å². The normalized spacial score (nSPS) is 11.8. The molecule has 0 aliphatic heterocycles. The van der Waals surface area contributed by atoms with Crippen molar-refractivity contribution in [1.82, 2.24) is 9.97 Å². The van der Waals surface area contributed by atoms with Crippen molar-refractivity contribution in [3.63, 3.8) is 0 Å². The minimum atomic E-state index is -0.459. The van der Waals surface area contributed by atoms with Crippen LogP contribution < -0.4 is 5.32 Å². The van der Waals surface area contributed by atoms with Gasteiger partial charge in [-0.25, -0.2) is 14.2 Å². The number of thiazole rings is 1. The van der Waals surface area contributed by atoms with Crippen molar-refractivity contribution >= 4 is 28.3 Å². The van der Waals surface area contributed by atoms with Crippen LogP contribution in [-0.2, 0) is 9.53 Å². The van der Waals surface area contributed by atoms with Crippen LogP contribution in [0.4, 0.5) is 9.52 Å². The smallest absolute Gasteiger partial charge is 0.354 e. The summed E-state index contributed by atoms with van der Waals surface area (Å²) in [4.78, 5) is 31.0. The summed E-state index contributed by atoms with van der Waals surface area (Å²) in [5.74, 6) is -0.972. The molecule has 2 N–H and O–H groups in total. The second kappa shape index (κ2) is 8.13. The Morgan fingerprint density at radius 1 is 1.33 bits per heavy atom. The Balaban J connectivity index is 1.61. The number of amides is 1. The molecule has 6 nitrogen and oxygen atoms in total. The Morgan fingerprint density at radius 3 is 2.78 bits per heavy atom. The van der Waals surface area contributed by atoms with E-state index in [0.717, 1.165) is 11.1 Å². The highest BCUT2D eigenvalue weighted by Crippen LogP contribution is 2.26. The van der Waals surface area contributed by atoms with Crippen molar-refractivity contribution in [3.05, 3.63) is 59.0 Å². The monoisotopic (exact) mass is 387 g/mol. The lowest BCUT2D eigenvalue weighted by molar-refractivity contribution is -0.116. The molecule has 2 heterocycles. The third-order valence-corrected chi connectivity index (χ3v) is 4.82. The average molecular weight is 387 g/mol. The van der Waals surface area contributed by atoms with E-state index in [1.54, 1.807) is 29.8 Å². The SMILES string of the molecule is COC(=O)c1cc(-c2csc(NC(=O)CC(C)c3ccc(F)cc3)n2)c[nH]1. The van der Waals surface area contributed by atoms with E-state index in [1.165, 1.54) is 30.6 Å². The van der Waals surface area contributed by atoms with Gasteiger partial charge in [0.1, 0.15) is 11.5 Å². The molecule has 8 heteroatoms. The first-order valence-corrected chi connectivity index (χ1v) is 9.12. The fourth-order valence-corrected chi connectivity index (χ4v) is 3.33. The zero-order chi connectivity index (χ0) is 19.4. The summed E-state index contributed by atoms with van der Waals surface area (Å²) in [6.45, 7) is 1.91. The van der Waals surface area contributed by atoms with E-state index in [0.29, 0.717) is 16.5 Å². The van der Waals surface area contributed by atoms with Gasteiger partial charge in [0.05, 0.1) is 12.8 Å². The maximum absolute atomic E-state index is 13.0. The number of aromatic amines is 1. The Kier molecular flexibility index (Phi) is 5.66. The number of aromatic nitrogens is 2.